The third-order valence-corrected chi connectivity index (χ3v) is 1.38. The van der Waals surface area contributed by atoms with E-state index in [4.69, 9.17) is 11.5 Å². The van der Waals surface area contributed by atoms with E-state index >= 15 is 0 Å². The van der Waals surface area contributed by atoms with Gasteiger partial charge in [0.25, 0.3) is 0 Å². The standard InChI is InChI=1S/2C4H7NO4.2Mg/c2*5-2(4(8)9)1-3(6)7;;/h2*2H,1,5H2,(H,6,7)(H,8,9);;/q;;2*+2/p-4. The monoisotopic (exact) mass is 310 g/mol. The van der Waals surface area contributed by atoms with E-state index < -0.39 is 48.8 Å². The van der Waals surface area contributed by atoms with Crippen molar-refractivity contribution >= 4 is 70.0 Å². The summed E-state index contributed by atoms with van der Waals surface area (Å²) in [6.45, 7) is 0. The molecule has 0 aliphatic heterocycles. The van der Waals surface area contributed by atoms with Gasteiger partial charge in [-0.1, -0.05) is 0 Å². The number of aliphatic carboxylic acids is 4. The van der Waals surface area contributed by atoms with Gasteiger partial charge in [0, 0.05) is 36.9 Å². The molecular weight excluding hydrogens is 301 g/mol. The molecule has 0 aromatic heterocycles. The molecule has 0 bridgehead atoms. The normalized spacial score (nSPS) is 11.3. The van der Waals surface area contributed by atoms with Gasteiger partial charge in [-0.15, -0.1) is 0 Å². The van der Waals surface area contributed by atoms with Gasteiger partial charge in [0.15, 0.2) is 0 Å². The van der Waals surface area contributed by atoms with Crippen LogP contribution in [0.1, 0.15) is 12.8 Å². The first kappa shape index (κ1) is 27.6. The summed E-state index contributed by atoms with van der Waals surface area (Å²) in [5, 5.41) is 38.7. The van der Waals surface area contributed by atoms with E-state index in [0.717, 1.165) is 0 Å². The molecule has 0 aromatic rings. The van der Waals surface area contributed by atoms with Crippen LogP contribution < -0.4 is 31.9 Å². The van der Waals surface area contributed by atoms with Crippen molar-refractivity contribution in [1.29, 1.82) is 0 Å². The van der Waals surface area contributed by atoms with Crippen LogP contribution in [0.15, 0.2) is 0 Å². The molecule has 0 heterocycles. The molecule has 0 aliphatic rings. The predicted molar refractivity (Wildman–Crippen MR) is 56.7 cm³/mol. The largest absolute Gasteiger partial charge is 2.00 e. The molecule has 2 unspecified atom stereocenters. The molecule has 0 saturated heterocycles. The zero-order valence-corrected chi connectivity index (χ0v) is 13.2. The molecule has 0 aliphatic carbocycles. The number of hydrogen-bond donors (Lipinski definition) is 2. The summed E-state index contributed by atoms with van der Waals surface area (Å²) in [6.07, 6.45) is -1.41. The van der Waals surface area contributed by atoms with Crippen molar-refractivity contribution in [1.82, 2.24) is 0 Å². The van der Waals surface area contributed by atoms with Crippen molar-refractivity contribution < 1.29 is 39.6 Å². The van der Waals surface area contributed by atoms with Crippen molar-refractivity contribution in [2.75, 3.05) is 0 Å². The second-order valence-corrected chi connectivity index (χ2v) is 3.00. The van der Waals surface area contributed by atoms with Gasteiger partial charge in [-0.25, -0.2) is 0 Å². The molecule has 12 heteroatoms. The Bertz CT molecular complexity index is 306. The van der Waals surface area contributed by atoms with Gasteiger partial charge in [0.1, 0.15) is 0 Å². The summed E-state index contributed by atoms with van der Waals surface area (Å²) in [7, 11) is 0. The van der Waals surface area contributed by atoms with Crippen LogP contribution in [0.25, 0.3) is 0 Å². The van der Waals surface area contributed by atoms with Crippen LogP contribution >= 0.6 is 0 Å². The van der Waals surface area contributed by atoms with Crippen molar-refractivity contribution in [2.24, 2.45) is 11.5 Å². The molecule has 0 spiro atoms. The van der Waals surface area contributed by atoms with Gasteiger partial charge in [-0.3, -0.25) is 0 Å². The number of hydrogen-bond acceptors (Lipinski definition) is 10. The molecule has 0 saturated carbocycles. The summed E-state index contributed by atoms with van der Waals surface area (Å²) < 4.78 is 0. The molecule has 10 nitrogen and oxygen atoms in total. The van der Waals surface area contributed by atoms with Crippen molar-refractivity contribution in [2.45, 2.75) is 24.9 Å². The number of carboxylic acid groups (broad SMARTS) is 4. The fourth-order valence-electron chi connectivity index (χ4n) is 0.526. The quantitative estimate of drug-likeness (QED) is 0.441. The molecule has 0 radical (unpaired) electrons. The molecular formula is C8H10Mg2N2O8. The summed E-state index contributed by atoms with van der Waals surface area (Å²) >= 11 is 0. The Morgan fingerprint density at radius 2 is 0.900 bits per heavy atom. The Morgan fingerprint density at radius 1 is 0.700 bits per heavy atom. The molecule has 0 aromatic carbocycles. The van der Waals surface area contributed by atoms with Crippen LogP contribution in [0.5, 0.6) is 0 Å². The first-order valence-electron chi connectivity index (χ1n) is 4.40. The molecule has 0 amide bonds. The Balaban J connectivity index is -0.000000116. The first-order valence-corrected chi connectivity index (χ1v) is 4.40. The molecule has 0 fully saturated rings. The summed E-state index contributed by atoms with van der Waals surface area (Å²) in [5.41, 5.74) is 9.47. The van der Waals surface area contributed by atoms with E-state index in [2.05, 4.69) is 0 Å². The minimum atomic E-state index is -1.58. The smallest absolute Gasteiger partial charge is 0.550 e. The minimum Gasteiger partial charge on any atom is -0.550 e. The third-order valence-electron chi connectivity index (χ3n) is 1.38. The summed E-state index contributed by atoms with van der Waals surface area (Å²) in [6, 6.07) is -2.93. The van der Waals surface area contributed by atoms with Crippen LogP contribution in [-0.2, 0) is 19.2 Å². The Hall–Kier alpha value is -0.668. The first-order chi connectivity index (χ1) is 8.07. The number of carboxylic acids is 4. The average molecular weight is 311 g/mol. The van der Waals surface area contributed by atoms with Gasteiger partial charge in [-0.2, -0.15) is 0 Å². The predicted octanol–water partition coefficient (Wildman–Crippen LogP) is -8.35. The van der Waals surface area contributed by atoms with Crippen LogP contribution in [0, 0.1) is 0 Å². The maximum absolute atomic E-state index is 9.71. The molecule has 20 heavy (non-hydrogen) atoms. The van der Waals surface area contributed by atoms with Crippen LogP contribution in [0.2, 0.25) is 0 Å². The van der Waals surface area contributed by atoms with Crippen molar-refractivity contribution in [3.8, 4) is 0 Å². The van der Waals surface area contributed by atoms with Gasteiger partial charge in [-0.05, 0) is 0 Å². The molecule has 0 rings (SSSR count). The SMILES string of the molecule is NC(CC(=O)[O-])C(=O)[O-].NC(CC(=O)[O-])C(=O)[O-].[Mg+2].[Mg+2]. The maximum Gasteiger partial charge on any atom is 2.00 e. The summed E-state index contributed by atoms with van der Waals surface area (Å²) in [5.74, 6) is -6.16. The van der Waals surface area contributed by atoms with Gasteiger partial charge < -0.3 is 51.1 Å². The maximum atomic E-state index is 9.71. The number of nitrogens with two attached hydrogens (primary N) is 2. The van der Waals surface area contributed by atoms with Crippen molar-refractivity contribution in [3.63, 3.8) is 0 Å². The second kappa shape index (κ2) is 14.7. The zero-order chi connectivity index (χ0) is 14.9. The van der Waals surface area contributed by atoms with Gasteiger partial charge in [0.2, 0.25) is 0 Å². The van der Waals surface area contributed by atoms with E-state index in [0.29, 0.717) is 0 Å². The number of rotatable bonds is 6. The molecule has 104 valence electrons. The fourth-order valence-corrected chi connectivity index (χ4v) is 0.526. The zero-order valence-electron chi connectivity index (χ0n) is 10.4. The van der Waals surface area contributed by atoms with E-state index in [9.17, 15) is 39.6 Å². The van der Waals surface area contributed by atoms with Crippen molar-refractivity contribution in [3.05, 3.63) is 0 Å². The molecule has 4 N–H and O–H groups in total. The van der Waals surface area contributed by atoms with E-state index in [1.54, 1.807) is 0 Å². The van der Waals surface area contributed by atoms with Crippen LogP contribution in [0.3, 0.4) is 0 Å². The Labute approximate surface area is 145 Å². The number of carbonyl (C=O) groups is 4. The third kappa shape index (κ3) is 19.7. The van der Waals surface area contributed by atoms with Gasteiger partial charge >= 0.3 is 46.1 Å². The Kier molecular flexibility index (Phi) is 20.4. The average Bonchev–Trinajstić information content (AvgIpc) is 2.16. The Morgan fingerprint density at radius 3 is 0.950 bits per heavy atom. The van der Waals surface area contributed by atoms with Crippen LogP contribution in [-0.4, -0.2) is 82.1 Å². The summed E-state index contributed by atoms with van der Waals surface area (Å²) in [4.78, 5) is 38.7. The fraction of sp³-hybridized carbons (Fsp3) is 0.500. The van der Waals surface area contributed by atoms with Crippen LogP contribution in [0.4, 0.5) is 0 Å². The minimum absolute atomic E-state index is 0. The number of carbonyl (C=O) groups excluding carboxylic acids is 4. The van der Waals surface area contributed by atoms with E-state index in [1.807, 2.05) is 0 Å². The van der Waals surface area contributed by atoms with E-state index in [-0.39, 0.29) is 46.1 Å². The topological polar surface area (TPSA) is 213 Å². The second-order valence-electron chi connectivity index (χ2n) is 3.00. The van der Waals surface area contributed by atoms with Gasteiger partial charge in [0.05, 0.1) is 11.9 Å². The molecule has 2 atom stereocenters. The van der Waals surface area contributed by atoms with E-state index in [1.165, 1.54) is 0 Å².